The van der Waals surface area contributed by atoms with Crippen LogP contribution in [0.5, 0.6) is 0 Å². The first-order valence-corrected chi connectivity index (χ1v) is 12.7. The Labute approximate surface area is 196 Å². The molecule has 0 radical (unpaired) electrons. The number of aliphatic hydroxyl groups excluding tert-OH is 3. The smallest absolute Gasteiger partial charge is 0.322 e. The second kappa shape index (κ2) is 8.97. The lowest BCUT2D eigenvalue weighted by atomic mass is 9.43. The molecule has 7 heteroatoms. The van der Waals surface area contributed by atoms with Crippen molar-refractivity contribution in [2.75, 3.05) is 6.54 Å². The van der Waals surface area contributed by atoms with Gasteiger partial charge in [-0.2, -0.15) is 0 Å². The summed E-state index contributed by atoms with van der Waals surface area (Å²) < 4.78 is 0. The molecule has 0 heterocycles. The van der Waals surface area contributed by atoms with Crippen LogP contribution in [0.4, 0.5) is 0 Å². The van der Waals surface area contributed by atoms with Crippen molar-refractivity contribution < 1.29 is 30.0 Å². The lowest BCUT2D eigenvalue weighted by molar-refractivity contribution is -0.223. The van der Waals surface area contributed by atoms with E-state index in [9.17, 15) is 24.9 Å². The van der Waals surface area contributed by atoms with E-state index in [-0.39, 0.29) is 41.2 Å². The van der Waals surface area contributed by atoms with E-state index in [1.165, 1.54) is 6.08 Å². The van der Waals surface area contributed by atoms with Gasteiger partial charge in [-0.25, -0.2) is 0 Å². The monoisotopic (exact) mass is 463 g/mol. The Morgan fingerprint density at radius 1 is 0.970 bits per heavy atom. The lowest BCUT2D eigenvalue weighted by Crippen LogP contribution is -2.64. The molecule has 7 nitrogen and oxygen atoms in total. The molecule has 4 fully saturated rings. The van der Waals surface area contributed by atoms with Crippen LogP contribution in [0, 0.1) is 46.3 Å². The highest BCUT2D eigenvalue weighted by atomic mass is 16.4. The molecule has 1 amide bonds. The van der Waals surface area contributed by atoms with Crippen molar-refractivity contribution in [3.8, 4) is 0 Å². The summed E-state index contributed by atoms with van der Waals surface area (Å²) in [6.07, 6.45) is 7.81. The first kappa shape index (κ1) is 24.7. The van der Waals surface area contributed by atoms with Gasteiger partial charge >= 0.3 is 5.97 Å². The van der Waals surface area contributed by atoms with Crippen molar-refractivity contribution in [3.05, 3.63) is 12.2 Å². The Bertz CT molecular complexity index is 800. The average molecular weight is 464 g/mol. The van der Waals surface area contributed by atoms with E-state index >= 15 is 0 Å². The van der Waals surface area contributed by atoms with E-state index in [0.29, 0.717) is 24.2 Å². The summed E-state index contributed by atoms with van der Waals surface area (Å²) in [6, 6.07) is 0. The number of carboxylic acids is 1. The molecule has 0 aliphatic heterocycles. The number of amides is 1. The fourth-order valence-corrected chi connectivity index (χ4v) is 8.74. The maximum absolute atomic E-state index is 11.9. The molecule has 4 aliphatic rings. The number of fused-ring (bicyclic) bond motifs is 5. The van der Waals surface area contributed by atoms with E-state index in [4.69, 9.17) is 5.11 Å². The molecule has 0 bridgehead atoms. The van der Waals surface area contributed by atoms with Crippen molar-refractivity contribution in [1.29, 1.82) is 0 Å². The van der Waals surface area contributed by atoms with E-state index < -0.39 is 24.1 Å². The van der Waals surface area contributed by atoms with Gasteiger partial charge < -0.3 is 25.7 Å². The van der Waals surface area contributed by atoms with Crippen molar-refractivity contribution >= 4 is 11.9 Å². The number of aliphatic hydroxyl groups is 3. The van der Waals surface area contributed by atoms with Crippen LogP contribution in [0.15, 0.2) is 12.2 Å². The molecular weight excluding hydrogens is 422 g/mol. The predicted molar refractivity (Wildman–Crippen MR) is 123 cm³/mol. The molecule has 0 unspecified atom stereocenters. The molecule has 5 N–H and O–H groups in total. The number of carboxylic acid groups (broad SMARTS) is 1. The van der Waals surface area contributed by atoms with Gasteiger partial charge in [0.05, 0.1) is 18.3 Å². The minimum Gasteiger partial charge on any atom is -0.480 e. The van der Waals surface area contributed by atoms with Crippen LogP contribution in [0.1, 0.15) is 65.7 Å². The largest absolute Gasteiger partial charge is 0.480 e. The molecule has 4 rings (SSSR count). The molecule has 4 saturated carbocycles. The van der Waals surface area contributed by atoms with Gasteiger partial charge in [0.25, 0.3) is 0 Å². The lowest BCUT2D eigenvalue weighted by Gasteiger charge is -2.63. The van der Waals surface area contributed by atoms with E-state index in [2.05, 4.69) is 26.1 Å². The van der Waals surface area contributed by atoms with Gasteiger partial charge in [0.2, 0.25) is 5.91 Å². The molecule has 11 atom stereocenters. The van der Waals surface area contributed by atoms with Crippen LogP contribution in [-0.4, -0.2) is 57.2 Å². The Balaban J connectivity index is 1.52. The summed E-state index contributed by atoms with van der Waals surface area (Å²) >= 11 is 0. The minimum absolute atomic E-state index is 0.0283. The summed E-state index contributed by atoms with van der Waals surface area (Å²) in [4.78, 5) is 22.6. The molecule has 0 spiro atoms. The third-order valence-corrected chi connectivity index (χ3v) is 10.4. The number of allylic oxidation sites excluding steroid dienone is 1. The first-order valence-electron chi connectivity index (χ1n) is 12.7. The summed E-state index contributed by atoms with van der Waals surface area (Å²) in [5.74, 6) is -0.229. The molecule has 0 aromatic rings. The Morgan fingerprint density at radius 3 is 2.33 bits per heavy atom. The second-order valence-corrected chi connectivity index (χ2v) is 11.9. The van der Waals surface area contributed by atoms with Gasteiger partial charge in [0, 0.05) is 0 Å². The van der Waals surface area contributed by atoms with Gasteiger partial charge in [-0.15, -0.1) is 0 Å². The number of aliphatic carboxylic acids is 1. The number of carbonyl (C=O) groups excluding carboxylic acids is 1. The molecule has 4 aliphatic carbocycles. The second-order valence-electron chi connectivity index (χ2n) is 11.9. The Hall–Kier alpha value is -1.44. The molecule has 0 aromatic carbocycles. The van der Waals surface area contributed by atoms with Crippen LogP contribution in [-0.2, 0) is 9.59 Å². The van der Waals surface area contributed by atoms with Gasteiger partial charge in [-0.05, 0) is 97.4 Å². The Morgan fingerprint density at radius 2 is 1.64 bits per heavy atom. The highest BCUT2D eigenvalue weighted by Crippen LogP contribution is 2.68. The maximum Gasteiger partial charge on any atom is 0.322 e. The number of rotatable bonds is 5. The molecule has 0 saturated heterocycles. The van der Waals surface area contributed by atoms with Crippen molar-refractivity contribution in [3.63, 3.8) is 0 Å². The number of hydrogen-bond acceptors (Lipinski definition) is 5. The molecule has 186 valence electrons. The number of hydrogen-bond donors (Lipinski definition) is 5. The number of carbonyl (C=O) groups is 2. The molecule has 0 aromatic heterocycles. The fraction of sp³-hybridized carbons (Fsp3) is 0.846. The van der Waals surface area contributed by atoms with Crippen molar-refractivity contribution in [2.24, 2.45) is 46.3 Å². The van der Waals surface area contributed by atoms with Gasteiger partial charge in [0.15, 0.2) is 0 Å². The van der Waals surface area contributed by atoms with Crippen LogP contribution >= 0.6 is 0 Å². The van der Waals surface area contributed by atoms with Gasteiger partial charge in [-0.3, -0.25) is 9.59 Å². The highest BCUT2D eigenvalue weighted by molar-refractivity contribution is 5.89. The summed E-state index contributed by atoms with van der Waals surface area (Å²) in [5.41, 5.74) is -0.0176. The summed E-state index contributed by atoms with van der Waals surface area (Å²) in [7, 11) is 0. The predicted octanol–water partition coefficient (Wildman–Crippen LogP) is 2.34. The van der Waals surface area contributed by atoms with Crippen molar-refractivity contribution in [2.45, 2.75) is 84.0 Å². The summed E-state index contributed by atoms with van der Waals surface area (Å²) in [6.45, 7) is 6.35. The quantitative estimate of drug-likeness (QED) is 0.398. The van der Waals surface area contributed by atoms with Crippen LogP contribution in [0.2, 0.25) is 0 Å². The minimum atomic E-state index is -1.07. The standard InChI is InChI=1S/C26H41NO6/c1-14(4-7-20(29)27-13-21(30)31)16-5-6-17-22-18(9-11-25(16,17)2)26(3)10-8-15(28)12-19(26)23(32)24(22)33/h4,7,14-19,22-24,28,32-33H,5-6,8-13H2,1-3H3,(H,27,29)(H,30,31)/b7-4+/t14-,15-,16-,17+,18+,19+,22+,23+,24-,25-,26-/m1/s1. The summed E-state index contributed by atoms with van der Waals surface area (Å²) in [5, 5.41) is 43.8. The maximum atomic E-state index is 11.9. The zero-order valence-corrected chi connectivity index (χ0v) is 20.1. The SMILES string of the molecule is C[C@H](/C=C/C(=O)NCC(=O)O)[C@H]1CC[C@H]2[C@@H]3[C@@H](O)[C@@H](O)[C@@H]4C[C@H](O)CC[C@]4(C)[C@H]3CC[C@]12C. The van der Waals surface area contributed by atoms with Gasteiger partial charge in [0.1, 0.15) is 6.54 Å². The molecular formula is C26H41NO6. The molecule has 33 heavy (non-hydrogen) atoms. The zero-order chi connectivity index (χ0) is 24.1. The Kier molecular flexibility index (Phi) is 6.71. The van der Waals surface area contributed by atoms with E-state index in [1.54, 1.807) is 0 Å². The van der Waals surface area contributed by atoms with E-state index in [1.807, 2.05) is 6.08 Å². The van der Waals surface area contributed by atoms with Crippen LogP contribution in [0.25, 0.3) is 0 Å². The normalized spacial score (nSPS) is 47.9. The first-order chi connectivity index (χ1) is 15.5. The average Bonchev–Trinajstić information content (AvgIpc) is 3.12. The fourth-order valence-electron chi connectivity index (χ4n) is 8.74. The topological polar surface area (TPSA) is 127 Å². The van der Waals surface area contributed by atoms with Crippen molar-refractivity contribution in [1.82, 2.24) is 5.32 Å². The third-order valence-electron chi connectivity index (χ3n) is 10.4. The van der Waals surface area contributed by atoms with Crippen LogP contribution in [0.3, 0.4) is 0 Å². The third kappa shape index (κ3) is 4.14. The van der Waals surface area contributed by atoms with Gasteiger partial charge in [-0.1, -0.05) is 26.8 Å². The van der Waals surface area contributed by atoms with Crippen LogP contribution < -0.4 is 5.32 Å². The number of nitrogens with one attached hydrogen (secondary N) is 1. The zero-order valence-electron chi connectivity index (χ0n) is 20.1. The van der Waals surface area contributed by atoms with E-state index in [0.717, 1.165) is 38.5 Å². The highest BCUT2D eigenvalue weighted by Gasteiger charge is 2.65.